The third-order valence-corrected chi connectivity index (χ3v) is 6.12. The second-order valence-corrected chi connectivity index (χ2v) is 7.64. The molecule has 2 heterocycles. The predicted octanol–water partition coefficient (Wildman–Crippen LogP) is 2.61. The molecule has 3 nitrogen and oxygen atoms in total. The normalized spacial score (nSPS) is 29.0. The van der Waals surface area contributed by atoms with Crippen LogP contribution in [0.4, 0.5) is 4.39 Å². The monoisotopic (exact) mass is 316 g/mol. The number of nitrogens with zero attached hydrogens (tertiary/aromatic N) is 1. The number of carbonyl (C=O) groups is 1. The summed E-state index contributed by atoms with van der Waals surface area (Å²) in [4.78, 5) is 14.9. The van der Waals surface area contributed by atoms with Gasteiger partial charge in [0.1, 0.15) is 5.82 Å². The summed E-state index contributed by atoms with van der Waals surface area (Å²) in [6, 6.07) is 6.78. The second-order valence-electron chi connectivity index (χ2n) is 7.64. The van der Waals surface area contributed by atoms with Crippen molar-refractivity contribution in [2.45, 2.75) is 32.1 Å². The number of carbonyl (C=O) groups excluding carboxylic acids is 1. The Morgan fingerprint density at radius 2 is 2.00 bits per heavy atom. The Bertz CT molecular complexity index is 580. The number of benzene rings is 1. The number of amides is 1. The minimum absolute atomic E-state index is 0.182. The molecule has 3 aliphatic rings. The van der Waals surface area contributed by atoms with Gasteiger partial charge in [-0.2, -0.15) is 0 Å². The second kappa shape index (κ2) is 5.90. The molecule has 23 heavy (non-hydrogen) atoms. The highest BCUT2D eigenvalue weighted by molar-refractivity contribution is 5.83. The van der Waals surface area contributed by atoms with Gasteiger partial charge in [-0.05, 0) is 74.2 Å². The third kappa shape index (κ3) is 3.01. The maximum atomic E-state index is 13.0. The van der Waals surface area contributed by atoms with Gasteiger partial charge in [0, 0.05) is 19.0 Å². The molecule has 1 aromatic rings. The molecule has 4 heteroatoms. The molecule has 2 atom stereocenters. The van der Waals surface area contributed by atoms with E-state index in [0.717, 1.165) is 58.3 Å². The molecule has 1 aliphatic carbocycles. The van der Waals surface area contributed by atoms with Gasteiger partial charge < -0.3 is 10.2 Å². The Kier molecular flexibility index (Phi) is 3.88. The first-order valence-corrected chi connectivity index (χ1v) is 8.90. The van der Waals surface area contributed by atoms with Crippen molar-refractivity contribution in [2.24, 2.45) is 17.3 Å². The lowest BCUT2D eigenvalue weighted by Gasteiger charge is -2.25. The van der Waals surface area contributed by atoms with Crippen molar-refractivity contribution in [1.29, 1.82) is 0 Å². The fourth-order valence-corrected chi connectivity index (χ4v) is 4.55. The maximum Gasteiger partial charge on any atom is 0.226 e. The van der Waals surface area contributed by atoms with Crippen molar-refractivity contribution in [3.05, 3.63) is 35.6 Å². The van der Waals surface area contributed by atoms with Gasteiger partial charge in [-0.15, -0.1) is 0 Å². The number of nitrogens with one attached hydrogen (secondary N) is 1. The Hall–Kier alpha value is -1.42. The van der Waals surface area contributed by atoms with E-state index in [1.165, 1.54) is 17.7 Å². The summed E-state index contributed by atoms with van der Waals surface area (Å²) >= 11 is 0. The predicted molar refractivity (Wildman–Crippen MR) is 87.4 cm³/mol. The molecule has 2 saturated heterocycles. The van der Waals surface area contributed by atoms with Crippen molar-refractivity contribution in [2.75, 3.05) is 26.2 Å². The lowest BCUT2D eigenvalue weighted by Crippen LogP contribution is -2.35. The number of likely N-dealkylation sites (tertiary alicyclic amines) is 1. The van der Waals surface area contributed by atoms with Crippen LogP contribution in [-0.2, 0) is 11.2 Å². The van der Waals surface area contributed by atoms with Crippen LogP contribution in [0.15, 0.2) is 24.3 Å². The van der Waals surface area contributed by atoms with Crippen LogP contribution in [0.3, 0.4) is 0 Å². The summed E-state index contributed by atoms with van der Waals surface area (Å²) in [5, 5.41) is 3.40. The van der Waals surface area contributed by atoms with E-state index in [2.05, 4.69) is 10.2 Å². The van der Waals surface area contributed by atoms with E-state index in [-0.39, 0.29) is 11.7 Å². The fourth-order valence-electron chi connectivity index (χ4n) is 4.55. The quantitative estimate of drug-likeness (QED) is 0.930. The lowest BCUT2D eigenvalue weighted by atomic mass is 9.91. The molecular weight excluding hydrogens is 291 g/mol. The minimum atomic E-state index is -0.182. The molecule has 0 radical (unpaired) electrons. The van der Waals surface area contributed by atoms with Crippen molar-refractivity contribution >= 4 is 5.91 Å². The zero-order valence-corrected chi connectivity index (χ0v) is 13.6. The topological polar surface area (TPSA) is 32.3 Å². The van der Waals surface area contributed by atoms with Crippen LogP contribution in [0.1, 0.15) is 31.2 Å². The van der Waals surface area contributed by atoms with Gasteiger partial charge in [-0.3, -0.25) is 4.79 Å². The highest BCUT2D eigenvalue weighted by Crippen LogP contribution is 2.59. The Balaban J connectivity index is 1.32. The number of hydrogen-bond donors (Lipinski definition) is 1. The van der Waals surface area contributed by atoms with Gasteiger partial charge >= 0.3 is 0 Å². The maximum absolute atomic E-state index is 13.0. The molecule has 0 aromatic heterocycles. The lowest BCUT2D eigenvalue weighted by molar-refractivity contribution is -0.132. The molecular formula is C19H25FN2O. The van der Waals surface area contributed by atoms with Gasteiger partial charge in [0.15, 0.2) is 0 Å². The first-order valence-electron chi connectivity index (χ1n) is 8.90. The van der Waals surface area contributed by atoms with E-state index in [1.54, 1.807) is 0 Å². The molecule has 1 saturated carbocycles. The van der Waals surface area contributed by atoms with E-state index < -0.39 is 0 Å². The van der Waals surface area contributed by atoms with Crippen LogP contribution >= 0.6 is 0 Å². The molecule has 1 aromatic carbocycles. The van der Waals surface area contributed by atoms with Gasteiger partial charge in [-0.25, -0.2) is 4.39 Å². The molecule has 2 unspecified atom stereocenters. The van der Waals surface area contributed by atoms with Gasteiger partial charge in [-0.1, -0.05) is 12.1 Å². The largest absolute Gasteiger partial charge is 0.342 e. The van der Waals surface area contributed by atoms with E-state index in [9.17, 15) is 9.18 Å². The van der Waals surface area contributed by atoms with Crippen molar-refractivity contribution in [3.63, 3.8) is 0 Å². The molecule has 0 bridgehead atoms. The Morgan fingerprint density at radius 1 is 1.26 bits per heavy atom. The average Bonchev–Trinajstić information content (AvgIpc) is 3.04. The third-order valence-electron chi connectivity index (χ3n) is 6.12. The fraction of sp³-hybridized carbons (Fsp3) is 0.632. The Labute approximate surface area is 137 Å². The molecule has 2 aliphatic heterocycles. The number of hydrogen-bond acceptors (Lipinski definition) is 2. The summed E-state index contributed by atoms with van der Waals surface area (Å²) in [7, 11) is 0. The number of halogens is 1. The van der Waals surface area contributed by atoms with Crippen molar-refractivity contribution < 1.29 is 9.18 Å². The van der Waals surface area contributed by atoms with Crippen LogP contribution < -0.4 is 5.32 Å². The van der Waals surface area contributed by atoms with Crippen LogP contribution in [0.2, 0.25) is 0 Å². The zero-order valence-electron chi connectivity index (χ0n) is 13.6. The summed E-state index contributed by atoms with van der Waals surface area (Å²) in [6.07, 6.45) is 5.45. The van der Waals surface area contributed by atoms with E-state index >= 15 is 0 Å². The summed E-state index contributed by atoms with van der Waals surface area (Å²) in [5.41, 5.74) is 1.50. The van der Waals surface area contributed by atoms with Crippen molar-refractivity contribution in [3.8, 4) is 0 Å². The van der Waals surface area contributed by atoms with E-state index in [1.807, 2.05) is 12.1 Å². The molecule has 124 valence electrons. The first kappa shape index (κ1) is 15.1. The summed E-state index contributed by atoms with van der Waals surface area (Å²) in [5.74, 6) is 1.02. The van der Waals surface area contributed by atoms with E-state index in [0.29, 0.717) is 17.2 Å². The highest BCUT2D eigenvalue weighted by Gasteiger charge is 2.58. The van der Waals surface area contributed by atoms with Crippen LogP contribution in [0.5, 0.6) is 0 Å². The molecule has 1 N–H and O–H groups in total. The molecule has 4 rings (SSSR count). The van der Waals surface area contributed by atoms with Crippen LogP contribution in [0, 0.1) is 23.1 Å². The van der Waals surface area contributed by atoms with Crippen LogP contribution in [0.25, 0.3) is 0 Å². The number of piperidine rings is 1. The van der Waals surface area contributed by atoms with Gasteiger partial charge in [0.25, 0.3) is 0 Å². The Morgan fingerprint density at radius 3 is 2.74 bits per heavy atom. The van der Waals surface area contributed by atoms with Gasteiger partial charge in [0.2, 0.25) is 5.91 Å². The molecule has 1 amide bonds. The summed E-state index contributed by atoms with van der Waals surface area (Å²) < 4.78 is 13.0. The van der Waals surface area contributed by atoms with E-state index in [4.69, 9.17) is 0 Å². The molecule has 1 spiro atoms. The molecule has 3 fully saturated rings. The van der Waals surface area contributed by atoms with Crippen molar-refractivity contribution in [1.82, 2.24) is 10.2 Å². The highest BCUT2D eigenvalue weighted by atomic mass is 19.1. The average molecular weight is 316 g/mol. The smallest absolute Gasteiger partial charge is 0.226 e. The zero-order chi connectivity index (χ0) is 15.9. The first-order chi connectivity index (χ1) is 11.2. The van der Waals surface area contributed by atoms with Gasteiger partial charge in [0.05, 0.1) is 0 Å². The minimum Gasteiger partial charge on any atom is -0.342 e. The SMILES string of the molecule is O=C(C1CC12CCNCC2)N1CCC(Cc2ccc(F)cc2)C1. The standard InChI is InChI=1S/C19H25FN2O/c20-16-3-1-14(2-4-16)11-15-5-10-22(13-15)18(23)17-12-19(17)6-8-21-9-7-19/h1-4,15,17,21H,5-13H2. The van der Waals surface area contributed by atoms with Crippen LogP contribution in [-0.4, -0.2) is 37.0 Å². The number of rotatable bonds is 3. The summed E-state index contributed by atoms with van der Waals surface area (Å²) in [6.45, 7) is 3.91.